The predicted molar refractivity (Wildman–Crippen MR) is 109 cm³/mol. The average molecular weight is 386 g/mol. The first-order valence-electron chi connectivity index (χ1n) is 9.03. The molecule has 0 fully saturated rings. The monoisotopic (exact) mass is 386 g/mol. The SMILES string of the molecule is O=C1Nc2ccccc2C(c2ccccc2)=NC1Nc1nc2cc(F)ccc2o1. The molecule has 3 aromatic carbocycles. The number of anilines is 2. The molecule has 0 saturated carbocycles. The normalized spacial score (nSPS) is 16.0. The Morgan fingerprint density at radius 2 is 1.79 bits per heavy atom. The molecule has 4 aromatic rings. The van der Waals surface area contributed by atoms with E-state index in [1.165, 1.54) is 18.2 Å². The number of fused-ring (bicyclic) bond motifs is 2. The van der Waals surface area contributed by atoms with Gasteiger partial charge in [-0.05, 0) is 18.2 Å². The quantitative estimate of drug-likeness (QED) is 0.553. The van der Waals surface area contributed by atoms with E-state index in [1.807, 2.05) is 54.6 Å². The summed E-state index contributed by atoms with van der Waals surface area (Å²) < 4.78 is 19.0. The van der Waals surface area contributed by atoms with Crippen molar-refractivity contribution in [1.82, 2.24) is 4.98 Å². The predicted octanol–water partition coefficient (Wildman–Crippen LogP) is 4.19. The van der Waals surface area contributed by atoms with Gasteiger partial charge >= 0.3 is 0 Å². The van der Waals surface area contributed by atoms with E-state index in [0.717, 1.165) is 11.1 Å². The molecule has 2 heterocycles. The number of hydrogen-bond donors (Lipinski definition) is 2. The van der Waals surface area contributed by atoms with Crippen LogP contribution < -0.4 is 10.6 Å². The highest BCUT2D eigenvalue weighted by atomic mass is 19.1. The number of carbonyl (C=O) groups excluding carboxylic acids is 1. The van der Waals surface area contributed by atoms with Gasteiger partial charge in [-0.15, -0.1) is 0 Å². The number of nitrogens with one attached hydrogen (secondary N) is 2. The summed E-state index contributed by atoms with van der Waals surface area (Å²) in [6.07, 6.45) is -0.976. The van der Waals surface area contributed by atoms with Crippen LogP contribution in [-0.4, -0.2) is 22.8 Å². The number of carbonyl (C=O) groups is 1. The van der Waals surface area contributed by atoms with E-state index in [4.69, 9.17) is 4.42 Å². The molecule has 6 nitrogen and oxygen atoms in total. The van der Waals surface area contributed by atoms with Gasteiger partial charge in [0, 0.05) is 17.2 Å². The van der Waals surface area contributed by atoms with Gasteiger partial charge in [0.05, 0.1) is 11.4 Å². The highest BCUT2D eigenvalue weighted by Gasteiger charge is 2.26. The molecule has 0 spiro atoms. The number of hydrogen-bond acceptors (Lipinski definition) is 5. The Morgan fingerprint density at radius 1 is 1.00 bits per heavy atom. The van der Waals surface area contributed by atoms with Gasteiger partial charge in [-0.3, -0.25) is 4.79 Å². The second kappa shape index (κ2) is 6.87. The van der Waals surface area contributed by atoms with Gasteiger partial charge in [-0.1, -0.05) is 48.5 Å². The van der Waals surface area contributed by atoms with Crippen LogP contribution in [0.25, 0.3) is 11.1 Å². The van der Waals surface area contributed by atoms with Crippen molar-refractivity contribution < 1.29 is 13.6 Å². The van der Waals surface area contributed by atoms with Crippen molar-refractivity contribution in [3.05, 3.63) is 89.7 Å². The zero-order valence-corrected chi connectivity index (χ0v) is 15.1. The zero-order valence-electron chi connectivity index (χ0n) is 15.1. The third-order valence-corrected chi connectivity index (χ3v) is 4.60. The molecule has 1 aliphatic heterocycles. The Balaban J connectivity index is 1.57. The van der Waals surface area contributed by atoms with Crippen molar-refractivity contribution in [1.29, 1.82) is 0 Å². The molecule has 142 valence electrons. The van der Waals surface area contributed by atoms with Gasteiger partial charge in [0.1, 0.15) is 11.3 Å². The fourth-order valence-electron chi connectivity index (χ4n) is 3.26. The van der Waals surface area contributed by atoms with E-state index in [2.05, 4.69) is 20.6 Å². The lowest BCUT2D eigenvalue weighted by molar-refractivity contribution is -0.116. The highest BCUT2D eigenvalue weighted by molar-refractivity contribution is 6.19. The molecule has 0 bridgehead atoms. The lowest BCUT2D eigenvalue weighted by Gasteiger charge is -2.11. The van der Waals surface area contributed by atoms with Gasteiger partial charge in [0.15, 0.2) is 5.58 Å². The van der Waals surface area contributed by atoms with E-state index in [9.17, 15) is 9.18 Å². The Labute approximate surface area is 165 Å². The topological polar surface area (TPSA) is 79.5 Å². The largest absolute Gasteiger partial charge is 0.424 e. The maximum absolute atomic E-state index is 13.4. The molecular formula is C22H15FN4O2. The van der Waals surface area contributed by atoms with Crippen molar-refractivity contribution in [2.24, 2.45) is 4.99 Å². The first-order valence-corrected chi connectivity index (χ1v) is 9.03. The molecule has 29 heavy (non-hydrogen) atoms. The van der Waals surface area contributed by atoms with Gasteiger partial charge in [0.25, 0.3) is 11.9 Å². The number of aromatic nitrogens is 1. The van der Waals surface area contributed by atoms with E-state index in [0.29, 0.717) is 22.5 Å². The van der Waals surface area contributed by atoms with Crippen LogP contribution in [0.2, 0.25) is 0 Å². The van der Waals surface area contributed by atoms with E-state index >= 15 is 0 Å². The van der Waals surface area contributed by atoms with Crippen molar-refractivity contribution in [3.8, 4) is 0 Å². The summed E-state index contributed by atoms with van der Waals surface area (Å²) in [6.45, 7) is 0. The van der Waals surface area contributed by atoms with Crippen LogP contribution in [-0.2, 0) is 4.79 Å². The number of benzene rings is 3. The first-order chi connectivity index (χ1) is 14.2. The summed E-state index contributed by atoms with van der Waals surface area (Å²) in [5.74, 6) is -0.763. The number of oxazole rings is 1. The number of para-hydroxylation sites is 1. The molecule has 1 amide bonds. The molecule has 0 aliphatic carbocycles. The number of benzodiazepines with no additional fused rings is 1. The van der Waals surface area contributed by atoms with Gasteiger partial charge < -0.3 is 15.1 Å². The molecule has 1 aliphatic rings. The Hall–Kier alpha value is -4.00. The van der Waals surface area contributed by atoms with Gasteiger partial charge in [-0.2, -0.15) is 4.98 Å². The summed E-state index contributed by atoms with van der Waals surface area (Å²) in [5, 5.41) is 5.80. The summed E-state index contributed by atoms with van der Waals surface area (Å²) in [7, 11) is 0. The minimum atomic E-state index is -0.976. The molecule has 0 radical (unpaired) electrons. The van der Waals surface area contributed by atoms with Gasteiger partial charge in [-0.25, -0.2) is 9.38 Å². The number of rotatable bonds is 3. The van der Waals surface area contributed by atoms with Crippen LogP contribution in [0.1, 0.15) is 11.1 Å². The summed E-state index contributed by atoms with van der Waals surface area (Å²) >= 11 is 0. The van der Waals surface area contributed by atoms with E-state index < -0.39 is 12.0 Å². The maximum atomic E-state index is 13.4. The molecular weight excluding hydrogens is 371 g/mol. The van der Waals surface area contributed by atoms with Crippen LogP contribution >= 0.6 is 0 Å². The van der Waals surface area contributed by atoms with Crippen LogP contribution in [0.3, 0.4) is 0 Å². The van der Waals surface area contributed by atoms with Crippen LogP contribution in [0.15, 0.2) is 82.2 Å². The smallest absolute Gasteiger partial charge is 0.297 e. The molecule has 7 heteroatoms. The minimum absolute atomic E-state index is 0.0906. The number of amides is 1. The standard InChI is InChI=1S/C22H15FN4O2/c23-14-10-11-18-17(12-14)25-22(29-18)27-20-21(28)24-16-9-5-4-8-15(16)19(26-20)13-6-2-1-3-7-13/h1-12,20H,(H,24,28)(H,25,27). The summed E-state index contributed by atoms with van der Waals surface area (Å²) in [6, 6.07) is 21.2. The third kappa shape index (κ3) is 3.23. The van der Waals surface area contributed by atoms with Crippen LogP contribution in [0.4, 0.5) is 16.1 Å². The Morgan fingerprint density at radius 3 is 2.66 bits per heavy atom. The second-order valence-electron chi connectivity index (χ2n) is 6.56. The molecule has 0 saturated heterocycles. The molecule has 2 N–H and O–H groups in total. The third-order valence-electron chi connectivity index (χ3n) is 4.60. The highest BCUT2D eigenvalue weighted by Crippen LogP contribution is 2.26. The van der Waals surface area contributed by atoms with E-state index in [-0.39, 0.29) is 11.9 Å². The van der Waals surface area contributed by atoms with Crippen molar-refractivity contribution in [3.63, 3.8) is 0 Å². The lowest BCUT2D eigenvalue weighted by atomic mass is 10.0. The fraction of sp³-hybridized carbons (Fsp3) is 0.0455. The first kappa shape index (κ1) is 17.1. The summed E-state index contributed by atoms with van der Waals surface area (Å²) in [5.41, 5.74) is 3.80. The Bertz CT molecular complexity index is 1250. The second-order valence-corrected chi connectivity index (χ2v) is 6.56. The summed E-state index contributed by atoms with van der Waals surface area (Å²) in [4.78, 5) is 21.7. The van der Waals surface area contributed by atoms with Crippen molar-refractivity contribution in [2.45, 2.75) is 6.17 Å². The number of aliphatic imine (C=N–C) groups is 1. The average Bonchev–Trinajstić information content (AvgIpc) is 3.07. The van der Waals surface area contributed by atoms with Crippen LogP contribution in [0.5, 0.6) is 0 Å². The molecule has 1 atom stereocenters. The number of nitrogens with zero attached hydrogens (tertiary/aromatic N) is 2. The fourth-order valence-corrected chi connectivity index (χ4v) is 3.26. The Kier molecular flexibility index (Phi) is 4.05. The maximum Gasteiger partial charge on any atom is 0.297 e. The van der Waals surface area contributed by atoms with Crippen molar-refractivity contribution >= 4 is 34.4 Å². The van der Waals surface area contributed by atoms with E-state index in [1.54, 1.807) is 0 Å². The van der Waals surface area contributed by atoms with Gasteiger partial charge in [0.2, 0.25) is 6.17 Å². The molecule has 1 aromatic heterocycles. The zero-order chi connectivity index (χ0) is 19.8. The van der Waals surface area contributed by atoms with Crippen LogP contribution in [0, 0.1) is 5.82 Å². The van der Waals surface area contributed by atoms with Crippen molar-refractivity contribution in [2.75, 3.05) is 10.6 Å². The molecule has 1 unspecified atom stereocenters. The minimum Gasteiger partial charge on any atom is -0.424 e. The number of halogens is 1. The lowest BCUT2D eigenvalue weighted by Crippen LogP contribution is -2.32. The molecule has 5 rings (SSSR count).